The second-order valence-electron chi connectivity index (χ2n) is 8.72. The summed E-state index contributed by atoms with van der Waals surface area (Å²) in [6.45, 7) is 1.24. The van der Waals surface area contributed by atoms with Crippen LogP contribution < -0.4 is 10.8 Å². The average Bonchev–Trinajstić information content (AvgIpc) is 3.69. The molecule has 4 heteroatoms. The predicted octanol–water partition coefficient (Wildman–Crippen LogP) is 5.86. The van der Waals surface area contributed by atoms with Crippen molar-refractivity contribution < 1.29 is 9.63 Å². The summed E-state index contributed by atoms with van der Waals surface area (Å²) >= 11 is 0. The summed E-state index contributed by atoms with van der Waals surface area (Å²) in [5.74, 6) is 0.355. The number of carbonyl (C=O) groups excluding carboxylic acids is 1. The molecule has 1 amide bonds. The van der Waals surface area contributed by atoms with Gasteiger partial charge in [-0.15, -0.1) is 0 Å². The number of hydrogen-bond donors (Lipinski definition) is 2. The molecule has 2 unspecified atom stereocenters. The Morgan fingerprint density at radius 2 is 1.35 bits per heavy atom. The fraction of sp³-hybridized carbons (Fsp3) is 0.167. The van der Waals surface area contributed by atoms with E-state index in [1.807, 2.05) is 30.3 Å². The molecule has 2 N–H and O–H groups in total. The summed E-state index contributed by atoms with van der Waals surface area (Å²) < 4.78 is 0. The number of hydrogen-bond acceptors (Lipinski definition) is 3. The minimum Gasteiger partial charge on any atom is -0.309 e. The molecule has 1 saturated carbocycles. The van der Waals surface area contributed by atoms with Crippen molar-refractivity contribution in [3.8, 4) is 11.1 Å². The van der Waals surface area contributed by atoms with Crippen molar-refractivity contribution in [1.29, 1.82) is 0 Å². The Hall–Kier alpha value is -3.73. The maximum atomic E-state index is 12.0. The van der Waals surface area contributed by atoms with Crippen LogP contribution in [-0.2, 0) is 18.0 Å². The Balaban J connectivity index is 1.10. The fourth-order valence-corrected chi connectivity index (χ4v) is 4.18. The van der Waals surface area contributed by atoms with Gasteiger partial charge in [0.15, 0.2) is 0 Å². The molecule has 0 aromatic heterocycles. The van der Waals surface area contributed by atoms with Gasteiger partial charge in [-0.3, -0.25) is 9.63 Å². The molecule has 34 heavy (non-hydrogen) atoms. The molecule has 1 aliphatic carbocycles. The highest BCUT2D eigenvalue weighted by molar-refractivity contribution is 5.93. The third-order valence-electron chi connectivity index (χ3n) is 6.27. The lowest BCUT2D eigenvalue weighted by Crippen LogP contribution is -2.23. The first kappa shape index (κ1) is 22.1. The molecule has 170 valence electrons. The van der Waals surface area contributed by atoms with Gasteiger partial charge in [0.2, 0.25) is 0 Å². The van der Waals surface area contributed by atoms with Crippen LogP contribution in [0.5, 0.6) is 0 Å². The Morgan fingerprint density at radius 1 is 0.735 bits per heavy atom. The van der Waals surface area contributed by atoms with E-state index in [0.717, 1.165) is 17.7 Å². The van der Waals surface area contributed by atoms with Crippen LogP contribution in [0.3, 0.4) is 0 Å². The predicted molar refractivity (Wildman–Crippen MR) is 135 cm³/mol. The second-order valence-corrected chi connectivity index (χ2v) is 8.72. The Bertz CT molecular complexity index is 1210. The summed E-state index contributed by atoms with van der Waals surface area (Å²) in [6.07, 6.45) is 1.20. The summed E-state index contributed by atoms with van der Waals surface area (Å²) in [5.41, 5.74) is 9.16. The number of hydroxylamine groups is 1. The van der Waals surface area contributed by atoms with Crippen LogP contribution in [0.4, 0.5) is 0 Å². The molecule has 0 spiro atoms. The zero-order chi connectivity index (χ0) is 23.2. The molecule has 0 aliphatic heterocycles. The first-order valence-electron chi connectivity index (χ1n) is 11.7. The Kier molecular flexibility index (Phi) is 6.80. The molecule has 0 radical (unpaired) electrons. The van der Waals surface area contributed by atoms with Crippen LogP contribution in [0.25, 0.3) is 11.1 Å². The third kappa shape index (κ3) is 5.60. The molecule has 4 aromatic carbocycles. The SMILES string of the molecule is O=C(NOCc1ccc(-c2ccc(C3CC3NCc3ccccc3)cc2)cc1)c1ccccc1. The molecule has 5 rings (SSSR count). The van der Waals surface area contributed by atoms with E-state index < -0.39 is 0 Å². The topological polar surface area (TPSA) is 50.4 Å². The van der Waals surface area contributed by atoms with E-state index in [1.165, 1.54) is 23.1 Å². The van der Waals surface area contributed by atoms with Crippen LogP contribution in [0.1, 0.15) is 39.4 Å². The maximum absolute atomic E-state index is 12.0. The lowest BCUT2D eigenvalue weighted by Gasteiger charge is -2.08. The van der Waals surface area contributed by atoms with E-state index in [2.05, 4.69) is 77.5 Å². The monoisotopic (exact) mass is 448 g/mol. The van der Waals surface area contributed by atoms with Gasteiger partial charge in [0.25, 0.3) is 5.91 Å². The normalized spacial score (nSPS) is 16.7. The fourth-order valence-electron chi connectivity index (χ4n) is 4.18. The van der Waals surface area contributed by atoms with E-state index >= 15 is 0 Å². The van der Waals surface area contributed by atoms with E-state index in [9.17, 15) is 4.79 Å². The number of rotatable bonds is 9. The van der Waals surface area contributed by atoms with Gasteiger partial charge in [0, 0.05) is 24.1 Å². The Labute approximate surface area is 200 Å². The van der Waals surface area contributed by atoms with E-state index in [0.29, 0.717) is 24.1 Å². The average molecular weight is 449 g/mol. The minimum absolute atomic E-state index is 0.245. The summed E-state index contributed by atoms with van der Waals surface area (Å²) in [6, 6.07) is 37.3. The number of benzene rings is 4. The van der Waals surface area contributed by atoms with Crippen LogP contribution in [0.2, 0.25) is 0 Å². The number of amides is 1. The molecule has 1 fully saturated rings. The second kappa shape index (κ2) is 10.5. The zero-order valence-electron chi connectivity index (χ0n) is 19.0. The van der Waals surface area contributed by atoms with Gasteiger partial charge in [0.05, 0.1) is 6.61 Å². The molecule has 2 atom stereocenters. The zero-order valence-corrected chi connectivity index (χ0v) is 19.0. The van der Waals surface area contributed by atoms with Crippen LogP contribution in [0.15, 0.2) is 109 Å². The molecular formula is C30H28N2O2. The highest BCUT2D eigenvalue weighted by Crippen LogP contribution is 2.41. The minimum atomic E-state index is -0.245. The van der Waals surface area contributed by atoms with Crippen LogP contribution in [0, 0.1) is 0 Å². The lowest BCUT2D eigenvalue weighted by atomic mass is 10.0. The first-order chi connectivity index (χ1) is 16.8. The molecule has 4 aromatic rings. The van der Waals surface area contributed by atoms with Gasteiger partial charge in [-0.1, -0.05) is 97.1 Å². The molecule has 0 bridgehead atoms. The van der Waals surface area contributed by atoms with E-state index in [1.54, 1.807) is 12.1 Å². The van der Waals surface area contributed by atoms with Crippen molar-refractivity contribution in [2.24, 2.45) is 0 Å². The molecule has 0 saturated heterocycles. The highest BCUT2D eigenvalue weighted by Gasteiger charge is 2.37. The van der Waals surface area contributed by atoms with Gasteiger partial charge in [-0.05, 0) is 46.4 Å². The van der Waals surface area contributed by atoms with Gasteiger partial charge < -0.3 is 5.32 Å². The summed E-state index contributed by atoms with van der Waals surface area (Å²) in [4.78, 5) is 17.4. The maximum Gasteiger partial charge on any atom is 0.274 e. The Morgan fingerprint density at radius 3 is 2.03 bits per heavy atom. The summed E-state index contributed by atoms with van der Waals surface area (Å²) in [5, 5.41) is 3.67. The van der Waals surface area contributed by atoms with E-state index in [-0.39, 0.29) is 5.91 Å². The molecule has 0 heterocycles. The smallest absolute Gasteiger partial charge is 0.274 e. The van der Waals surface area contributed by atoms with Crippen LogP contribution >= 0.6 is 0 Å². The summed E-state index contributed by atoms with van der Waals surface area (Å²) in [7, 11) is 0. The van der Waals surface area contributed by atoms with Crippen molar-refractivity contribution >= 4 is 5.91 Å². The number of nitrogens with one attached hydrogen (secondary N) is 2. The van der Waals surface area contributed by atoms with Gasteiger partial charge in [-0.2, -0.15) is 0 Å². The number of carbonyl (C=O) groups is 1. The van der Waals surface area contributed by atoms with Gasteiger partial charge >= 0.3 is 0 Å². The van der Waals surface area contributed by atoms with Crippen molar-refractivity contribution in [1.82, 2.24) is 10.8 Å². The quantitative estimate of drug-likeness (QED) is 0.315. The van der Waals surface area contributed by atoms with E-state index in [4.69, 9.17) is 4.84 Å². The van der Waals surface area contributed by atoms with Gasteiger partial charge in [-0.25, -0.2) is 5.48 Å². The highest BCUT2D eigenvalue weighted by atomic mass is 16.6. The van der Waals surface area contributed by atoms with Crippen molar-refractivity contribution in [3.05, 3.63) is 131 Å². The van der Waals surface area contributed by atoms with Gasteiger partial charge in [0.1, 0.15) is 0 Å². The molecular weight excluding hydrogens is 420 g/mol. The molecule has 1 aliphatic rings. The van der Waals surface area contributed by atoms with Crippen molar-refractivity contribution in [2.75, 3.05) is 0 Å². The third-order valence-corrected chi connectivity index (χ3v) is 6.27. The van der Waals surface area contributed by atoms with Crippen molar-refractivity contribution in [2.45, 2.75) is 31.5 Å². The molecule has 4 nitrogen and oxygen atoms in total. The lowest BCUT2D eigenvalue weighted by molar-refractivity contribution is 0.0233. The first-order valence-corrected chi connectivity index (χ1v) is 11.7. The largest absolute Gasteiger partial charge is 0.309 e. The standard InChI is InChI=1S/C30H28N2O2/c33-30(27-9-5-2-6-10-27)32-34-21-23-11-13-24(14-12-23)25-15-17-26(18-16-25)28-19-29(28)31-20-22-7-3-1-4-8-22/h1-18,28-29,31H,19-21H2,(H,32,33). The van der Waals surface area contributed by atoms with Crippen LogP contribution in [-0.4, -0.2) is 11.9 Å². The van der Waals surface area contributed by atoms with Crippen molar-refractivity contribution in [3.63, 3.8) is 0 Å².